The largest absolute Gasteiger partial charge is 0.481 e. The third-order valence-electron chi connectivity index (χ3n) is 4.17. The fraction of sp³-hybridized carbons (Fsp3) is 0.533. The molecule has 1 aromatic rings. The maximum atomic E-state index is 13.7. The Hall–Kier alpha value is -1.38. The molecule has 0 aliphatic heterocycles. The number of aliphatic carboxylic acids is 1. The first kappa shape index (κ1) is 13.1. The number of hydrogen-bond acceptors (Lipinski definition) is 1. The van der Waals surface area contributed by atoms with E-state index in [0.29, 0.717) is 30.7 Å². The lowest BCUT2D eigenvalue weighted by molar-refractivity contribution is -0.151. The minimum Gasteiger partial charge on any atom is -0.481 e. The first-order chi connectivity index (χ1) is 8.53. The van der Waals surface area contributed by atoms with E-state index >= 15 is 0 Å². The SMILES string of the molecule is CC1CCC(Cc2ccccc2F)(C(=O)O)CC1. The van der Waals surface area contributed by atoms with Gasteiger partial charge in [0.1, 0.15) is 5.82 Å². The highest BCUT2D eigenvalue weighted by molar-refractivity contribution is 5.75. The molecule has 2 rings (SSSR count). The van der Waals surface area contributed by atoms with Crippen LogP contribution in [0.4, 0.5) is 4.39 Å². The van der Waals surface area contributed by atoms with E-state index in [0.717, 1.165) is 12.8 Å². The van der Waals surface area contributed by atoms with Crippen molar-refractivity contribution >= 4 is 5.97 Å². The summed E-state index contributed by atoms with van der Waals surface area (Å²) in [4.78, 5) is 11.6. The smallest absolute Gasteiger partial charge is 0.309 e. The van der Waals surface area contributed by atoms with Gasteiger partial charge in [-0.1, -0.05) is 25.1 Å². The molecule has 2 nitrogen and oxygen atoms in total. The molecule has 1 aromatic carbocycles. The maximum Gasteiger partial charge on any atom is 0.309 e. The van der Waals surface area contributed by atoms with Gasteiger partial charge in [0.15, 0.2) is 0 Å². The van der Waals surface area contributed by atoms with Crippen LogP contribution in [0.5, 0.6) is 0 Å². The van der Waals surface area contributed by atoms with Crippen LogP contribution in [0.25, 0.3) is 0 Å². The lowest BCUT2D eigenvalue weighted by Crippen LogP contribution is -2.37. The third-order valence-corrected chi connectivity index (χ3v) is 4.17. The summed E-state index contributed by atoms with van der Waals surface area (Å²) < 4.78 is 13.7. The molecule has 0 bridgehead atoms. The molecule has 1 fully saturated rings. The van der Waals surface area contributed by atoms with Gasteiger partial charge < -0.3 is 5.11 Å². The fourth-order valence-electron chi connectivity index (χ4n) is 2.79. The van der Waals surface area contributed by atoms with E-state index in [1.807, 2.05) is 0 Å². The summed E-state index contributed by atoms with van der Waals surface area (Å²) >= 11 is 0. The van der Waals surface area contributed by atoms with E-state index in [1.54, 1.807) is 18.2 Å². The summed E-state index contributed by atoms with van der Waals surface area (Å²) in [6.07, 6.45) is 3.44. The molecule has 1 saturated carbocycles. The van der Waals surface area contributed by atoms with Gasteiger partial charge in [-0.25, -0.2) is 4.39 Å². The van der Waals surface area contributed by atoms with E-state index in [9.17, 15) is 14.3 Å². The molecular weight excluding hydrogens is 231 g/mol. The Morgan fingerprint density at radius 3 is 2.56 bits per heavy atom. The Balaban J connectivity index is 2.22. The van der Waals surface area contributed by atoms with Gasteiger partial charge in [0, 0.05) is 0 Å². The summed E-state index contributed by atoms with van der Waals surface area (Å²) in [5, 5.41) is 9.50. The second kappa shape index (κ2) is 5.09. The zero-order valence-corrected chi connectivity index (χ0v) is 10.7. The number of halogens is 1. The van der Waals surface area contributed by atoms with Crippen LogP contribution < -0.4 is 0 Å². The number of carbonyl (C=O) groups is 1. The predicted molar refractivity (Wildman–Crippen MR) is 67.8 cm³/mol. The predicted octanol–water partition coefficient (Wildman–Crippen LogP) is 3.65. The highest BCUT2D eigenvalue weighted by atomic mass is 19.1. The molecule has 3 heteroatoms. The molecule has 1 N–H and O–H groups in total. The molecule has 0 spiro atoms. The highest BCUT2D eigenvalue weighted by Gasteiger charge is 2.41. The van der Waals surface area contributed by atoms with E-state index < -0.39 is 11.4 Å². The third kappa shape index (κ3) is 2.55. The standard InChI is InChI=1S/C15H19FO2/c1-11-6-8-15(9-7-11,14(17)18)10-12-4-2-3-5-13(12)16/h2-5,11H,6-10H2,1H3,(H,17,18). The Morgan fingerprint density at radius 1 is 1.39 bits per heavy atom. The van der Waals surface area contributed by atoms with Crippen LogP contribution in [0.1, 0.15) is 38.2 Å². The summed E-state index contributed by atoms with van der Waals surface area (Å²) in [5.74, 6) is -0.493. The Labute approximate surface area is 107 Å². The van der Waals surface area contributed by atoms with Crippen molar-refractivity contribution in [2.75, 3.05) is 0 Å². The van der Waals surface area contributed by atoms with E-state index in [1.165, 1.54) is 6.07 Å². The Kier molecular flexibility index (Phi) is 3.69. The van der Waals surface area contributed by atoms with Crippen molar-refractivity contribution in [1.29, 1.82) is 0 Å². The number of hydrogen-bond donors (Lipinski definition) is 1. The zero-order chi connectivity index (χ0) is 13.2. The molecule has 0 saturated heterocycles. The molecule has 0 amide bonds. The van der Waals surface area contributed by atoms with E-state index in [4.69, 9.17) is 0 Å². The molecule has 0 atom stereocenters. The Bertz CT molecular complexity index is 434. The van der Waals surface area contributed by atoms with Crippen LogP contribution in [0.15, 0.2) is 24.3 Å². The molecule has 0 radical (unpaired) electrons. The van der Waals surface area contributed by atoms with Crippen LogP contribution in [0.3, 0.4) is 0 Å². The molecule has 0 aromatic heterocycles. The van der Waals surface area contributed by atoms with Crippen LogP contribution in [-0.4, -0.2) is 11.1 Å². The van der Waals surface area contributed by atoms with Crippen LogP contribution in [-0.2, 0) is 11.2 Å². The van der Waals surface area contributed by atoms with Crippen molar-refractivity contribution < 1.29 is 14.3 Å². The lowest BCUT2D eigenvalue weighted by Gasteiger charge is -2.36. The first-order valence-electron chi connectivity index (χ1n) is 6.50. The lowest BCUT2D eigenvalue weighted by atomic mass is 9.68. The molecule has 98 valence electrons. The molecule has 0 unspecified atom stereocenters. The van der Waals surface area contributed by atoms with Gasteiger partial charge in [-0.2, -0.15) is 0 Å². The normalized spacial score (nSPS) is 28.0. The average molecular weight is 250 g/mol. The number of carboxylic acid groups (broad SMARTS) is 1. The van der Waals surface area contributed by atoms with E-state index in [-0.39, 0.29) is 5.82 Å². The second-order valence-electron chi connectivity index (χ2n) is 5.54. The van der Waals surface area contributed by atoms with Crippen LogP contribution in [0.2, 0.25) is 0 Å². The monoisotopic (exact) mass is 250 g/mol. The quantitative estimate of drug-likeness (QED) is 0.889. The van der Waals surface area contributed by atoms with Gasteiger partial charge >= 0.3 is 5.97 Å². The summed E-state index contributed by atoms with van der Waals surface area (Å²) in [6, 6.07) is 6.49. The van der Waals surface area contributed by atoms with Crippen molar-refractivity contribution in [2.45, 2.75) is 39.0 Å². The van der Waals surface area contributed by atoms with Gasteiger partial charge in [-0.15, -0.1) is 0 Å². The summed E-state index contributed by atoms with van der Waals surface area (Å²) in [5.41, 5.74) is -0.247. The maximum absolute atomic E-state index is 13.7. The molecule has 1 aliphatic carbocycles. The molecular formula is C15H19FO2. The Morgan fingerprint density at radius 2 is 2.00 bits per heavy atom. The van der Waals surface area contributed by atoms with Gasteiger partial charge in [-0.05, 0) is 49.7 Å². The van der Waals surface area contributed by atoms with Crippen LogP contribution >= 0.6 is 0 Å². The van der Waals surface area contributed by atoms with E-state index in [2.05, 4.69) is 6.92 Å². The minimum absolute atomic E-state index is 0.295. The first-order valence-corrected chi connectivity index (χ1v) is 6.50. The van der Waals surface area contributed by atoms with Crippen molar-refractivity contribution in [3.05, 3.63) is 35.6 Å². The summed E-state index contributed by atoms with van der Waals surface area (Å²) in [6.45, 7) is 2.15. The zero-order valence-electron chi connectivity index (χ0n) is 10.7. The highest BCUT2D eigenvalue weighted by Crippen LogP contribution is 2.42. The summed E-state index contributed by atoms with van der Waals surface area (Å²) in [7, 11) is 0. The van der Waals surface area contributed by atoms with Crippen molar-refractivity contribution in [2.24, 2.45) is 11.3 Å². The fourth-order valence-corrected chi connectivity index (χ4v) is 2.79. The number of carboxylic acids is 1. The second-order valence-corrected chi connectivity index (χ2v) is 5.54. The van der Waals surface area contributed by atoms with Crippen molar-refractivity contribution in [3.8, 4) is 0 Å². The number of benzene rings is 1. The molecule has 0 heterocycles. The molecule has 18 heavy (non-hydrogen) atoms. The van der Waals surface area contributed by atoms with Gasteiger partial charge in [0.25, 0.3) is 0 Å². The average Bonchev–Trinajstić information content (AvgIpc) is 2.35. The topological polar surface area (TPSA) is 37.3 Å². The number of rotatable bonds is 3. The van der Waals surface area contributed by atoms with Crippen molar-refractivity contribution in [3.63, 3.8) is 0 Å². The molecule has 1 aliphatic rings. The van der Waals surface area contributed by atoms with Crippen LogP contribution in [0, 0.1) is 17.2 Å². The van der Waals surface area contributed by atoms with Gasteiger partial charge in [0.05, 0.1) is 5.41 Å². The minimum atomic E-state index is -0.780. The van der Waals surface area contributed by atoms with Gasteiger partial charge in [0.2, 0.25) is 0 Å². The van der Waals surface area contributed by atoms with Gasteiger partial charge in [-0.3, -0.25) is 4.79 Å². The van der Waals surface area contributed by atoms with Crippen molar-refractivity contribution in [1.82, 2.24) is 0 Å².